The van der Waals surface area contributed by atoms with Crippen molar-refractivity contribution in [2.75, 3.05) is 13.2 Å². The standard InChI is InChI=1S/C18H30O4S2/c1-15(2)19-11-13(21-15)9-17(5-6-17)23-24-18(7-8-18)10-14-12-20-16(3,4)22-14/h13-14H,5-12H2,1-4H3/t13-,14+. The van der Waals surface area contributed by atoms with Gasteiger partial charge in [-0.1, -0.05) is 21.6 Å². The lowest BCUT2D eigenvalue weighted by atomic mass is 10.2. The van der Waals surface area contributed by atoms with Gasteiger partial charge in [-0.25, -0.2) is 0 Å². The SMILES string of the molecule is CC1(C)OC[C@H](CC2(SSC3(C[C@@H]4COC(C)(C)O4)CC3)CC2)O1. The molecular formula is C18H30O4S2. The van der Waals surface area contributed by atoms with E-state index < -0.39 is 11.6 Å². The molecule has 0 aromatic heterocycles. The van der Waals surface area contributed by atoms with Crippen molar-refractivity contribution in [3.63, 3.8) is 0 Å². The van der Waals surface area contributed by atoms with Gasteiger partial charge in [0.1, 0.15) is 0 Å². The molecule has 24 heavy (non-hydrogen) atoms. The van der Waals surface area contributed by atoms with Crippen LogP contribution in [0.5, 0.6) is 0 Å². The largest absolute Gasteiger partial charge is 0.348 e. The minimum Gasteiger partial charge on any atom is -0.348 e. The first-order valence-electron chi connectivity index (χ1n) is 9.19. The highest BCUT2D eigenvalue weighted by Gasteiger charge is 2.53. The molecule has 4 fully saturated rings. The molecule has 2 aliphatic carbocycles. The summed E-state index contributed by atoms with van der Waals surface area (Å²) in [7, 11) is 4.23. The van der Waals surface area contributed by atoms with Crippen molar-refractivity contribution in [3.05, 3.63) is 0 Å². The lowest BCUT2D eigenvalue weighted by molar-refractivity contribution is -0.139. The third-order valence-electron chi connectivity index (χ3n) is 5.34. The molecule has 2 heterocycles. The molecule has 0 unspecified atom stereocenters. The minimum atomic E-state index is -0.400. The summed E-state index contributed by atoms with van der Waals surface area (Å²) in [6.07, 6.45) is 8.04. The Morgan fingerprint density at radius 3 is 1.33 bits per heavy atom. The third-order valence-corrected chi connectivity index (χ3v) is 9.66. The molecule has 0 radical (unpaired) electrons. The molecule has 4 aliphatic rings. The summed E-state index contributed by atoms with van der Waals surface area (Å²) >= 11 is 0. The lowest BCUT2D eigenvalue weighted by Crippen LogP contribution is -2.25. The van der Waals surface area contributed by atoms with Gasteiger partial charge in [-0.3, -0.25) is 0 Å². The molecule has 0 aromatic carbocycles. The van der Waals surface area contributed by atoms with Crippen LogP contribution in [0.25, 0.3) is 0 Å². The van der Waals surface area contributed by atoms with Gasteiger partial charge in [0.25, 0.3) is 0 Å². The molecular weight excluding hydrogens is 344 g/mol. The predicted molar refractivity (Wildman–Crippen MR) is 98.2 cm³/mol. The smallest absolute Gasteiger partial charge is 0.163 e. The van der Waals surface area contributed by atoms with Crippen molar-refractivity contribution in [2.45, 2.75) is 99.5 Å². The predicted octanol–water partition coefficient (Wildman–Crippen LogP) is 4.52. The van der Waals surface area contributed by atoms with Gasteiger partial charge in [-0.2, -0.15) is 0 Å². The van der Waals surface area contributed by atoms with Crippen molar-refractivity contribution in [2.24, 2.45) is 0 Å². The molecule has 4 nitrogen and oxygen atoms in total. The number of hydrogen-bond acceptors (Lipinski definition) is 6. The summed E-state index contributed by atoms with van der Waals surface area (Å²) in [6.45, 7) is 9.54. The summed E-state index contributed by atoms with van der Waals surface area (Å²) in [5.74, 6) is -0.800. The van der Waals surface area contributed by atoms with E-state index >= 15 is 0 Å². The van der Waals surface area contributed by atoms with Gasteiger partial charge in [0, 0.05) is 9.49 Å². The molecule has 0 aromatic rings. The molecule has 2 saturated heterocycles. The molecule has 0 amide bonds. The van der Waals surface area contributed by atoms with Crippen LogP contribution in [0, 0.1) is 0 Å². The maximum Gasteiger partial charge on any atom is 0.163 e. The van der Waals surface area contributed by atoms with Crippen molar-refractivity contribution in [3.8, 4) is 0 Å². The zero-order valence-corrected chi connectivity index (χ0v) is 16.9. The van der Waals surface area contributed by atoms with Gasteiger partial charge in [0.2, 0.25) is 0 Å². The van der Waals surface area contributed by atoms with Crippen LogP contribution in [0.1, 0.15) is 66.2 Å². The van der Waals surface area contributed by atoms with E-state index in [1.807, 2.05) is 27.7 Å². The van der Waals surface area contributed by atoms with Crippen LogP contribution in [0.3, 0.4) is 0 Å². The summed E-state index contributed by atoms with van der Waals surface area (Å²) in [5, 5.41) is 0. The van der Waals surface area contributed by atoms with Gasteiger partial charge >= 0.3 is 0 Å². The Morgan fingerprint density at radius 2 is 1.08 bits per heavy atom. The van der Waals surface area contributed by atoms with Crippen LogP contribution in [0.2, 0.25) is 0 Å². The normalized spacial score (nSPS) is 37.5. The first-order valence-corrected chi connectivity index (χ1v) is 11.3. The van der Waals surface area contributed by atoms with E-state index in [0.717, 1.165) is 26.1 Å². The summed E-state index contributed by atoms with van der Waals surface area (Å²) < 4.78 is 24.3. The van der Waals surface area contributed by atoms with Gasteiger partial charge in [-0.05, 0) is 66.2 Å². The molecule has 138 valence electrons. The van der Waals surface area contributed by atoms with Gasteiger partial charge in [0.05, 0.1) is 25.4 Å². The summed E-state index contributed by atoms with van der Waals surface area (Å²) in [4.78, 5) is 0. The van der Waals surface area contributed by atoms with E-state index in [1.54, 1.807) is 0 Å². The Labute approximate surface area is 153 Å². The fraction of sp³-hybridized carbons (Fsp3) is 1.00. The zero-order valence-electron chi connectivity index (χ0n) is 15.3. The lowest BCUT2D eigenvalue weighted by Gasteiger charge is -2.24. The maximum absolute atomic E-state index is 6.02. The number of hydrogen-bond donors (Lipinski definition) is 0. The average molecular weight is 375 g/mol. The first-order chi connectivity index (χ1) is 11.2. The fourth-order valence-electron chi connectivity index (χ4n) is 3.66. The third kappa shape index (κ3) is 4.26. The molecule has 2 saturated carbocycles. The van der Waals surface area contributed by atoms with Crippen molar-refractivity contribution in [1.82, 2.24) is 0 Å². The van der Waals surface area contributed by atoms with Gasteiger partial charge in [0.15, 0.2) is 11.6 Å². The summed E-state index contributed by atoms with van der Waals surface area (Å²) in [5.41, 5.74) is 0. The topological polar surface area (TPSA) is 36.9 Å². The number of rotatable bonds is 7. The second kappa shape index (κ2) is 6.03. The molecule has 2 atom stereocenters. The van der Waals surface area contributed by atoms with Crippen LogP contribution in [0.4, 0.5) is 0 Å². The fourth-order valence-corrected chi connectivity index (χ4v) is 7.52. The van der Waals surface area contributed by atoms with Crippen LogP contribution in [0.15, 0.2) is 0 Å². The molecule has 6 heteroatoms. The van der Waals surface area contributed by atoms with E-state index in [1.165, 1.54) is 25.7 Å². The molecule has 0 N–H and O–H groups in total. The Balaban J connectivity index is 1.24. The average Bonchev–Trinajstić information content (AvgIpc) is 3.35. The van der Waals surface area contributed by atoms with Crippen LogP contribution in [-0.2, 0) is 18.9 Å². The van der Waals surface area contributed by atoms with E-state index in [-0.39, 0.29) is 12.2 Å². The van der Waals surface area contributed by atoms with E-state index in [9.17, 15) is 0 Å². The Hall–Kier alpha value is 0.540. The van der Waals surface area contributed by atoms with E-state index in [2.05, 4.69) is 21.6 Å². The van der Waals surface area contributed by atoms with Crippen molar-refractivity contribution >= 4 is 21.6 Å². The monoisotopic (exact) mass is 374 g/mol. The second-order valence-corrected chi connectivity index (χ2v) is 11.9. The Bertz CT molecular complexity index is 441. The van der Waals surface area contributed by atoms with Crippen molar-refractivity contribution in [1.29, 1.82) is 0 Å². The van der Waals surface area contributed by atoms with E-state index in [4.69, 9.17) is 18.9 Å². The van der Waals surface area contributed by atoms with Crippen LogP contribution >= 0.6 is 21.6 Å². The second-order valence-electron chi connectivity index (χ2n) is 8.84. The first kappa shape index (κ1) is 17.9. The Morgan fingerprint density at radius 1 is 0.708 bits per heavy atom. The van der Waals surface area contributed by atoms with E-state index in [0.29, 0.717) is 9.49 Å². The zero-order chi connectivity index (χ0) is 17.1. The highest BCUT2D eigenvalue weighted by Crippen LogP contribution is 2.65. The number of ether oxygens (including phenoxy) is 4. The quantitative estimate of drug-likeness (QED) is 0.610. The van der Waals surface area contributed by atoms with Crippen LogP contribution < -0.4 is 0 Å². The molecule has 0 bridgehead atoms. The molecule has 0 spiro atoms. The highest BCUT2D eigenvalue weighted by molar-refractivity contribution is 8.77. The summed E-state index contributed by atoms with van der Waals surface area (Å²) in [6, 6.07) is 0. The maximum atomic E-state index is 6.02. The van der Waals surface area contributed by atoms with Crippen LogP contribution in [-0.4, -0.2) is 46.5 Å². The van der Waals surface area contributed by atoms with Gasteiger partial charge in [-0.15, -0.1) is 0 Å². The van der Waals surface area contributed by atoms with Gasteiger partial charge < -0.3 is 18.9 Å². The van der Waals surface area contributed by atoms with Crippen molar-refractivity contribution < 1.29 is 18.9 Å². The minimum absolute atomic E-state index is 0.262. The highest BCUT2D eigenvalue weighted by atomic mass is 33.1. The molecule has 4 rings (SSSR count). The Kier molecular flexibility index (Phi) is 4.50. The molecule has 2 aliphatic heterocycles.